The lowest BCUT2D eigenvalue weighted by Crippen LogP contribution is -2.38. The van der Waals surface area contributed by atoms with Crippen molar-refractivity contribution in [3.8, 4) is 17.2 Å². The van der Waals surface area contributed by atoms with Crippen molar-refractivity contribution in [3.63, 3.8) is 0 Å². The molecule has 0 amide bonds. The van der Waals surface area contributed by atoms with Crippen molar-refractivity contribution in [3.05, 3.63) is 64.9 Å². The first-order valence-corrected chi connectivity index (χ1v) is 11.9. The van der Waals surface area contributed by atoms with Crippen molar-refractivity contribution in [1.82, 2.24) is 0 Å². The Morgan fingerprint density at radius 2 is 1.72 bits per heavy atom. The molecule has 2 aromatic carbocycles. The van der Waals surface area contributed by atoms with Crippen molar-refractivity contribution in [1.29, 1.82) is 0 Å². The van der Waals surface area contributed by atoms with Crippen LogP contribution in [0.15, 0.2) is 58.7 Å². The predicted octanol–water partition coefficient (Wildman–Crippen LogP) is 4.17. The molecule has 1 aliphatic heterocycles. The van der Waals surface area contributed by atoms with E-state index in [-0.39, 0.29) is 36.4 Å². The number of ketones is 1. The third-order valence-electron chi connectivity index (χ3n) is 6.82. The third kappa shape index (κ3) is 4.99. The fourth-order valence-electron chi connectivity index (χ4n) is 5.04. The van der Waals surface area contributed by atoms with Gasteiger partial charge in [0.15, 0.2) is 17.3 Å². The van der Waals surface area contributed by atoms with Gasteiger partial charge in [-0.2, -0.15) is 0 Å². The van der Waals surface area contributed by atoms with E-state index in [1.165, 1.54) is 20.3 Å². The first-order valence-electron chi connectivity index (χ1n) is 11.9. The number of Topliss-reactive ketones (excluding diaryl/α,β-unsaturated/α-hetero) is 1. The molecule has 1 N–H and O–H groups in total. The summed E-state index contributed by atoms with van der Waals surface area (Å²) in [5, 5.41) is 10.1. The summed E-state index contributed by atoms with van der Waals surface area (Å²) in [5.74, 6) is -0.946. The fraction of sp³-hybridized carbons (Fsp3) is 0.393. The van der Waals surface area contributed by atoms with Crippen LogP contribution in [-0.2, 0) is 19.1 Å². The van der Waals surface area contributed by atoms with Gasteiger partial charge in [-0.25, -0.2) is 0 Å². The molecule has 0 fully saturated rings. The van der Waals surface area contributed by atoms with E-state index in [0.717, 1.165) is 11.3 Å². The predicted molar refractivity (Wildman–Crippen MR) is 134 cm³/mol. The molecule has 36 heavy (non-hydrogen) atoms. The van der Waals surface area contributed by atoms with Crippen LogP contribution in [0.4, 0.5) is 0 Å². The molecule has 0 spiro atoms. The summed E-state index contributed by atoms with van der Waals surface area (Å²) in [6, 6.07) is 12.6. The highest BCUT2D eigenvalue weighted by atomic mass is 16.6. The minimum Gasteiger partial charge on any atom is -0.504 e. The minimum absolute atomic E-state index is 0.0228. The maximum absolute atomic E-state index is 13.7. The van der Waals surface area contributed by atoms with E-state index >= 15 is 0 Å². The molecule has 2 aromatic rings. The number of allylic oxidation sites excluding steroid dienone is 2. The van der Waals surface area contributed by atoms with E-state index < -0.39 is 17.8 Å². The second-order valence-corrected chi connectivity index (χ2v) is 8.96. The van der Waals surface area contributed by atoms with E-state index in [4.69, 9.17) is 23.9 Å². The number of rotatable bonds is 8. The minimum atomic E-state index is -0.781. The Balaban J connectivity index is 1.76. The molecule has 0 bridgehead atoms. The highest BCUT2D eigenvalue weighted by Gasteiger charge is 2.45. The third-order valence-corrected chi connectivity index (χ3v) is 6.82. The number of nitrogens with zero attached hydrogens (tertiary/aromatic N) is 1. The van der Waals surface area contributed by atoms with Crippen molar-refractivity contribution >= 4 is 17.5 Å². The number of ether oxygens (including phenoxy) is 4. The number of esters is 1. The summed E-state index contributed by atoms with van der Waals surface area (Å²) in [6.07, 6.45) is 0.874. The Kier molecular flexibility index (Phi) is 7.74. The zero-order valence-electron chi connectivity index (χ0n) is 20.9. The number of benzene rings is 2. The molecule has 4 rings (SSSR count). The van der Waals surface area contributed by atoms with Crippen LogP contribution in [0.3, 0.4) is 0 Å². The zero-order valence-corrected chi connectivity index (χ0v) is 20.9. The summed E-state index contributed by atoms with van der Waals surface area (Å²) >= 11 is 0. The molecule has 1 unspecified atom stereocenters. The standard InChI is InChI=1S/C28H31NO7/c1-16-25(28(32)36-12-11-33-2)26(18-7-10-22(30)24(15-18)35-4)27-21(29-16)13-19(14-23(27)31)17-5-8-20(34-3)9-6-17/h5-10,15,19,25-26,30H,11-14H2,1-4H3/t19-,25?,26-/m0/s1. The summed E-state index contributed by atoms with van der Waals surface area (Å²) in [5.41, 5.74) is 3.49. The van der Waals surface area contributed by atoms with Gasteiger partial charge in [-0.3, -0.25) is 14.6 Å². The van der Waals surface area contributed by atoms with Gasteiger partial charge in [0, 0.05) is 36.4 Å². The average Bonchev–Trinajstić information content (AvgIpc) is 2.88. The Bertz CT molecular complexity index is 1200. The van der Waals surface area contributed by atoms with Crippen LogP contribution < -0.4 is 9.47 Å². The molecule has 8 nitrogen and oxygen atoms in total. The van der Waals surface area contributed by atoms with Gasteiger partial charge < -0.3 is 24.1 Å². The number of aromatic hydroxyl groups is 1. The van der Waals surface area contributed by atoms with Gasteiger partial charge in [0.2, 0.25) is 0 Å². The van der Waals surface area contributed by atoms with Crippen molar-refractivity contribution in [2.45, 2.75) is 31.6 Å². The van der Waals surface area contributed by atoms with E-state index in [0.29, 0.717) is 35.4 Å². The van der Waals surface area contributed by atoms with E-state index in [9.17, 15) is 14.7 Å². The number of carbonyl (C=O) groups is 2. The summed E-state index contributed by atoms with van der Waals surface area (Å²) in [7, 11) is 4.60. The molecule has 0 saturated heterocycles. The molecule has 1 aliphatic carbocycles. The smallest absolute Gasteiger partial charge is 0.315 e. The van der Waals surface area contributed by atoms with Crippen LogP contribution in [0, 0.1) is 5.92 Å². The Morgan fingerprint density at radius 3 is 2.39 bits per heavy atom. The van der Waals surface area contributed by atoms with Crippen molar-refractivity contribution in [2.75, 3.05) is 34.5 Å². The Morgan fingerprint density at radius 1 is 1.00 bits per heavy atom. The zero-order chi connectivity index (χ0) is 25.8. The number of hydrogen-bond acceptors (Lipinski definition) is 8. The van der Waals surface area contributed by atoms with Gasteiger partial charge in [-0.1, -0.05) is 18.2 Å². The number of hydrogen-bond donors (Lipinski definition) is 1. The van der Waals surface area contributed by atoms with Gasteiger partial charge in [0.1, 0.15) is 18.3 Å². The van der Waals surface area contributed by atoms with Crippen LogP contribution in [0.5, 0.6) is 17.2 Å². The van der Waals surface area contributed by atoms with Gasteiger partial charge in [0.25, 0.3) is 0 Å². The maximum Gasteiger partial charge on any atom is 0.315 e. The molecule has 8 heteroatoms. The van der Waals surface area contributed by atoms with Crippen molar-refractivity contribution in [2.24, 2.45) is 10.9 Å². The van der Waals surface area contributed by atoms with Crippen LogP contribution in [0.2, 0.25) is 0 Å². The lowest BCUT2D eigenvalue weighted by atomic mass is 9.69. The molecule has 2 aliphatic rings. The number of aliphatic imine (C=N–C) groups is 1. The van der Waals surface area contributed by atoms with Gasteiger partial charge >= 0.3 is 5.97 Å². The quantitative estimate of drug-likeness (QED) is 0.435. The lowest BCUT2D eigenvalue weighted by Gasteiger charge is -2.36. The van der Waals surface area contributed by atoms with Gasteiger partial charge in [0.05, 0.1) is 20.8 Å². The highest BCUT2D eigenvalue weighted by molar-refractivity contribution is 6.09. The van der Waals surface area contributed by atoms with Crippen LogP contribution in [0.1, 0.15) is 42.7 Å². The summed E-state index contributed by atoms with van der Waals surface area (Å²) in [6.45, 7) is 2.16. The number of carbonyl (C=O) groups excluding carboxylic acids is 2. The van der Waals surface area contributed by atoms with E-state index in [1.807, 2.05) is 24.3 Å². The van der Waals surface area contributed by atoms with Gasteiger partial charge in [-0.15, -0.1) is 0 Å². The van der Waals surface area contributed by atoms with E-state index in [1.54, 1.807) is 26.2 Å². The SMILES string of the molecule is COCCOC(=O)C1C(C)=NC2=C(C(=O)C[C@@H](c3ccc(OC)cc3)C2)[C@H]1c1ccc(O)c(OC)c1. The second kappa shape index (κ2) is 11.0. The van der Waals surface area contributed by atoms with Crippen LogP contribution in [-0.4, -0.2) is 57.1 Å². The second-order valence-electron chi connectivity index (χ2n) is 8.96. The van der Waals surface area contributed by atoms with Gasteiger partial charge in [-0.05, 0) is 54.7 Å². The molecular formula is C28H31NO7. The monoisotopic (exact) mass is 493 g/mol. The fourth-order valence-corrected chi connectivity index (χ4v) is 5.04. The summed E-state index contributed by atoms with van der Waals surface area (Å²) in [4.78, 5) is 31.7. The summed E-state index contributed by atoms with van der Waals surface area (Å²) < 4.78 is 21.1. The highest BCUT2D eigenvalue weighted by Crippen LogP contribution is 2.48. The molecule has 1 heterocycles. The molecule has 0 radical (unpaired) electrons. The topological polar surface area (TPSA) is 104 Å². The van der Waals surface area contributed by atoms with E-state index in [2.05, 4.69) is 0 Å². The Hall–Kier alpha value is -3.65. The normalized spacial score (nSPS) is 21.5. The molecule has 3 atom stereocenters. The number of phenols is 1. The molecular weight excluding hydrogens is 462 g/mol. The van der Waals surface area contributed by atoms with Crippen LogP contribution in [0.25, 0.3) is 0 Å². The molecule has 0 saturated carbocycles. The first-order chi connectivity index (χ1) is 17.4. The number of methoxy groups -OCH3 is 3. The Labute approximate surface area is 210 Å². The van der Waals surface area contributed by atoms with Crippen LogP contribution >= 0.6 is 0 Å². The largest absolute Gasteiger partial charge is 0.504 e. The van der Waals surface area contributed by atoms with Crippen molar-refractivity contribution < 1.29 is 33.6 Å². The molecule has 0 aromatic heterocycles. The number of phenolic OH excluding ortho intramolecular Hbond substituents is 1. The average molecular weight is 494 g/mol. The first kappa shape index (κ1) is 25.4. The molecule has 190 valence electrons. The lowest BCUT2D eigenvalue weighted by molar-refractivity contribution is -0.147. The maximum atomic E-state index is 13.7.